The van der Waals surface area contributed by atoms with Gasteiger partial charge in [-0.25, -0.2) is 0 Å². The summed E-state index contributed by atoms with van der Waals surface area (Å²) in [5.74, 6) is 0.621. The summed E-state index contributed by atoms with van der Waals surface area (Å²) in [5.41, 5.74) is 5.54. The molecule has 0 amide bonds. The average Bonchev–Trinajstić information content (AvgIpc) is 2.53. The molecule has 1 heterocycles. The fourth-order valence-corrected chi connectivity index (χ4v) is 1.77. The molecule has 13 heavy (non-hydrogen) atoms. The summed E-state index contributed by atoms with van der Waals surface area (Å²) in [6.07, 6.45) is 1.16. The van der Waals surface area contributed by atoms with Gasteiger partial charge in [0.25, 0.3) is 0 Å². The van der Waals surface area contributed by atoms with Crippen LogP contribution < -0.4 is 5.73 Å². The normalized spacial score (nSPS) is 25.8. The van der Waals surface area contributed by atoms with Crippen LogP contribution in [-0.2, 0) is 4.74 Å². The van der Waals surface area contributed by atoms with E-state index >= 15 is 0 Å². The van der Waals surface area contributed by atoms with Crippen LogP contribution in [0.25, 0.3) is 0 Å². The van der Waals surface area contributed by atoms with E-state index in [1.54, 1.807) is 7.11 Å². The van der Waals surface area contributed by atoms with Crippen molar-refractivity contribution in [2.45, 2.75) is 12.5 Å². The van der Waals surface area contributed by atoms with Crippen molar-refractivity contribution in [1.82, 2.24) is 4.90 Å². The van der Waals surface area contributed by atoms with Crippen molar-refractivity contribution >= 4 is 0 Å². The Morgan fingerprint density at radius 1 is 1.77 bits per heavy atom. The number of likely N-dealkylation sites (tertiary alicyclic amines) is 1. The van der Waals surface area contributed by atoms with E-state index in [0.29, 0.717) is 12.5 Å². The Bertz CT molecular complexity index is 190. The summed E-state index contributed by atoms with van der Waals surface area (Å²) in [5, 5.41) is 8.54. The molecule has 0 radical (unpaired) electrons. The van der Waals surface area contributed by atoms with Crippen molar-refractivity contribution in [2.75, 3.05) is 33.4 Å². The van der Waals surface area contributed by atoms with Crippen LogP contribution in [0.3, 0.4) is 0 Å². The zero-order valence-electron chi connectivity index (χ0n) is 8.07. The molecule has 0 aliphatic carbocycles. The summed E-state index contributed by atoms with van der Waals surface area (Å²) < 4.78 is 5.08. The number of ether oxygens (including phenoxy) is 1. The van der Waals surface area contributed by atoms with Crippen LogP contribution in [0.1, 0.15) is 6.42 Å². The van der Waals surface area contributed by atoms with E-state index in [2.05, 4.69) is 4.90 Å². The first-order chi connectivity index (χ1) is 6.26. The van der Waals surface area contributed by atoms with Gasteiger partial charge in [-0.1, -0.05) is 0 Å². The molecule has 0 aromatic heterocycles. The largest absolute Gasteiger partial charge is 0.384 e. The van der Waals surface area contributed by atoms with Gasteiger partial charge >= 0.3 is 0 Å². The summed E-state index contributed by atoms with van der Waals surface area (Å²) in [7, 11) is 1.73. The maximum atomic E-state index is 8.54. The summed E-state index contributed by atoms with van der Waals surface area (Å²) >= 11 is 0. The molecule has 4 heteroatoms. The van der Waals surface area contributed by atoms with Crippen molar-refractivity contribution in [1.29, 1.82) is 5.26 Å². The van der Waals surface area contributed by atoms with E-state index in [-0.39, 0.29) is 6.04 Å². The third-order valence-electron chi connectivity index (χ3n) is 2.39. The number of nitriles is 1. The first kappa shape index (κ1) is 10.5. The highest BCUT2D eigenvalue weighted by Crippen LogP contribution is 2.15. The third-order valence-corrected chi connectivity index (χ3v) is 2.39. The third kappa shape index (κ3) is 3.31. The minimum Gasteiger partial charge on any atom is -0.384 e. The molecule has 0 saturated carbocycles. The predicted octanol–water partition coefficient (Wildman–Crippen LogP) is -0.194. The lowest BCUT2D eigenvalue weighted by Gasteiger charge is -2.16. The van der Waals surface area contributed by atoms with Crippen LogP contribution >= 0.6 is 0 Å². The Kier molecular flexibility index (Phi) is 4.16. The zero-order chi connectivity index (χ0) is 9.68. The average molecular weight is 183 g/mol. The van der Waals surface area contributed by atoms with Crippen molar-refractivity contribution in [2.24, 2.45) is 11.7 Å². The minimum atomic E-state index is -0.346. The second kappa shape index (κ2) is 5.18. The number of nitrogens with zero attached hydrogens (tertiary/aromatic N) is 2. The molecule has 1 rings (SSSR count). The van der Waals surface area contributed by atoms with E-state index < -0.39 is 0 Å². The second-order valence-corrected chi connectivity index (χ2v) is 3.61. The number of rotatable bonds is 4. The first-order valence-corrected chi connectivity index (χ1v) is 4.62. The van der Waals surface area contributed by atoms with Crippen LogP contribution in [0.5, 0.6) is 0 Å². The standard InChI is InChI=1S/C9H17N3O/c1-13-7-8-2-3-12(5-8)6-9(11)4-10/h8-9H,2-3,5-7,11H2,1H3. The molecule has 0 bridgehead atoms. The molecule has 1 aliphatic heterocycles. The fraction of sp³-hybridized carbons (Fsp3) is 0.889. The van der Waals surface area contributed by atoms with E-state index in [0.717, 1.165) is 26.1 Å². The van der Waals surface area contributed by atoms with Gasteiger partial charge in [0.1, 0.15) is 6.04 Å². The van der Waals surface area contributed by atoms with Crippen molar-refractivity contribution < 1.29 is 4.74 Å². The molecule has 1 saturated heterocycles. The molecule has 2 unspecified atom stereocenters. The lowest BCUT2D eigenvalue weighted by Crippen LogP contribution is -2.35. The maximum Gasteiger partial charge on any atom is 0.106 e. The predicted molar refractivity (Wildman–Crippen MR) is 50.0 cm³/mol. The maximum absolute atomic E-state index is 8.54. The molecule has 2 atom stereocenters. The summed E-state index contributed by atoms with van der Waals surface area (Å²) in [6.45, 7) is 3.57. The van der Waals surface area contributed by atoms with E-state index in [4.69, 9.17) is 15.7 Å². The number of hydrogen-bond donors (Lipinski definition) is 1. The van der Waals surface area contributed by atoms with Gasteiger partial charge in [0.15, 0.2) is 0 Å². The number of methoxy groups -OCH3 is 1. The van der Waals surface area contributed by atoms with Gasteiger partial charge in [-0.05, 0) is 18.9 Å². The fourth-order valence-electron chi connectivity index (χ4n) is 1.77. The monoisotopic (exact) mass is 183 g/mol. The molecule has 0 spiro atoms. The topological polar surface area (TPSA) is 62.3 Å². The lowest BCUT2D eigenvalue weighted by atomic mass is 10.1. The highest BCUT2D eigenvalue weighted by Gasteiger charge is 2.23. The second-order valence-electron chi connectivity index (χ2n) is 3.61. The molecular formula is C9H17N3O. The van der Waals surface area contributed by atoms with Gasteiger partial charge in [-0.15, -0.1) is 0 Å². The van der Waals surface area contributed by atoms with Crippen molar-refractivity contribution in [3.05, 3.63) is 0 Å². The quantitative estimate of drug-likeness (QED) is 0.656. The Morgan fingerprint density at radius 3 is 3.15 bits per heavy atom. The van der Waals surface area contributed by atoms with Crippen LogP contribution in [0.2, 0.25) is 0 Å². The van der Waals surface area contributed by atoms with E-state index in [1.807, 2.05) is 6.07 Å². The molecule has 1 aliphatic rings. The molecule has 0 aromatic rings. The molecule has 2 N–H and O–H groups in total. The Labute approximate surface area is 79.3 Å². The van der Waals surface area contributed by atoms with Crippen LogP contribution in [0, 0.1) is 17.2 Å². The van der Waals surface area contributed by atoms with Gasteiger partial charge in [-0.3, -0.25) is 0 Å². The summed E-state index contributed by atoms with van der Waals surface area (Å²) in [4.78, 5) is 2.23. The van der Waals surface area contributed by atoms with Crippen molar-refractivity contribution in [3.63, 3.8) is 0 Å². The van der Waals surface area contributed by atoms with E-state index in [9.17, 15) is 0 Å². The van der Waals surface area contributed by atoms with E-state index in [1.165, 1.54) is 0 Å². The van der Waals surface area contributed by atoms with Gasteiger partial charge in [-0.2, -0.15) is 5.26 Å². The highest BCUT2D eigenvalue weighted by molar-refractivity contribution is 4.90. The number of hydrogen-bond acceptors (Lipinski definition) is 4. The van der Waals surface area contributed by atoms with Gasteiger partial charge in [0, 0.05) is 20.2 Å². The van der Waals surface area contributed by atoms with Gasteiger partial charge in [0.2, 0.25) is 0 Å². The molecular weight excluding hydrogens is 166 g/mol. The zero-order valence-corrected chi connectivity index (χ0v) is 8.07. The SMILES string of the molecule is COCC1CCN(CC(N)C#N)C1. The Hall–Kier alpha value is -0.630. The highest BCUT2D eigenvalue weighted by atomic mass is 16.5. The molecule has 0 aromatic carbocycles. The molecule has 1 fully saturated rings. The number of nitrogens with two attached hydrogens (primary N) is 1. The van der Waals surface area contributed by atoms with Crippen LogP contribution in [0.4, 0.5) is 0 Å². The van der Waals surface area contributed by atoms with Crippen molar-refractivity contribution in [3.8, 4) is 6.07 Å². The first-order valence-electron chi connectivity index (χ1n) is 4.62. The molecule has 74 valence electrons. The Morgan fingerprint density at radius 2 is 2.54 bits per heavy atom. The Balaban J connectivity index is 2.21. The van der Waals surface area contributed by atoms with Gasteiger partial charge < -0.3 is 15.4 Å². The smallest absolute Gasteiger partial charge is 0.106 e. The van der Waals surface area contributed by atoms with Crippen LogP contribution in [0.15, 0.2) is 0 Å². The van der Waals surface area contributed by atoms with Gasteiger partial charge in [0.05, 0.1) is 12.7 Å². The summed E-state index contributed by atoms with van der Waals surface area (Å²) in [6, 6.07) is 1.70. The lowest BCUT2D eigenvalue weighted by molar-refractivity contribution is 0.153. The van der Waals surface area contributed by atoms with Crippen LogP contribution in [-0.4, -0.2) is 44.3 Å². The molecule has 4 nitrogen and oxygen atoms in total. The minimum absolute atomic E-state index is 0.346.